The van der Waals surface area contributed by atoms with E-state index in [9.17, 15) is 19.2 Å². The summed E-state index contributed by atoms with van der Waals surface area (Å²) in [6, 6.07) is 0. The second-order valence-corrected chi connectivity index (χ2v) is 8.85. The van der Waals surface area contributed by atoms with Gasteiger partial charge in [0.1, 0.15) is 0 Å². The van der Waals surface area contributed by atoms with Gasteiger partial charge in [0.15, 0.2) is 0 Å². The van der Waals surface area contributed by atoms with Crippen molar-refractivity contribution in [1.29, 1.82) is 0 Å². The maximum atomic E-state index is 9.84. The SMILES string of the molecule is O=C=NCC1CCC(CN=C=O)S1.O=C=NCC1CCC(CN=C=O)S1. The van der Waals surface area contributed by atoms with Crippen LogP contribution < -0.4 is 0 Å². The first-order valence-electron chi connectivity index (χ1n) is 8.18. The molecular weight excluding hydrogens is 376 g/mol. The van der Waals surface area contributed by atoms with Crippen LogP contribution in [0.4, 0.5) is 0 Å². The first kappa shape index (κ1) is 22.3. The highest BCUT2D eigenvalue weighted by atomic mass is 32.2. The van der Waals surface area contributed by atoms with E-state index in [-0.39, 0.29) is 0 Å². The lowest BCUT2D eigenvalue weighted by Crippen LogP contribution is -2.03. The van der Waals surface area contributed by atoms with Gasteiger partial charge in [-0.15, -0.1) is 0 Å². The van der Waals surface area contributed by atoms with Gasteiger partial charge < -0.3 is 0 Å². The van der Waals surface area contributed by atoms with E-state index in [1.807, 2.05) is 0 Å². The lowest BCUT2D eigenvalue weighted by Gasteiger charge is -2.04. The van der Waals surface area contributed by atoms with Crippen LogP contribution in [0.15, 0.2) is 20.0 Å². The van der Waals surface area contributed by atoms with Crippen molar-refractivity contribution in [2.24, 2.45) is 20.0 Å². The Morgan fingerprint density at radius 1 is 0.538 bits per heavy atom. The average molecular weight is 396 g/mol. The van der Waals surface area contributed by atoms with Gasteiger partial charge in [-0.1, -0.05) is 0 Å². The molecule has 4 atom stereocenters. The summed E-state index contributed by atoms with van der Waals surface area (Å²) in [5.74, 6) is 0. The molecule has 2 rings (SSSR count). The number of aliphatic imine (C=N–C) groups is 4. The zero-order valence-corrected chi connectivity index (χ0v) is 15.8. The fourth-order valence-electron chi connectivity index (χ4n) is 2.65. The van der Waals surface area contributed by atoms with Crippen molar-refractivity contribution in [3.63, 3.8) is 0 Å². The fraction of sp³-hybridized carbons (Fsp3) is 0.750. The van der Waals surface area contributed by atoms with Crippen molar-refractivity contribution >= 4 is 47.8 Å². The third kappa shape index (κ3) is 9.64. The van der Waals surface area contributed by atoms with Crippen molar-refractivity contribution in [3.8, 4) is 0 Å². The molecule has 0 aromatic heterocycles. The number of isocyanates is 4. The lowest BCUT2D eigenvalue weighted by molar-refractivity contribution is 0.561. The molecule has 2 aliphatic heterocycles. The van der Waals surface area contributed by atoms with E-state index in [0.29, 0.717) is 47.2 Å². The van der Waals surface area contributed by atoms with Gasteiger partial charge in [-0.25, -0.2) is 39.1 Å². The summed E-state index contributed by atoms with van der Waals surface area (Å²) in [6.45, 7) is 2.15. The normalized spacial score (nSPS) is 26.2. The molecule has 2 saturated heterocycles. The number of rotatable bonds is 8. The maximum absolute atomic E-state index is 9.84. The Kier molecular flexibility index (Phi) is 12.3. The van der Waals surface area contributed by atoms with Crippen LogP contribution in [0.2, 0.25) is 0 Å². The molecule has 0 spiro atoms. The van der Waals surface area contributed by atoms with E-state index < -0.39 is 0 Å². The smallest absolute Gasteiger partial charge is 0.211 e. The van der Waals surface area contributed by atoms with Crippen LogP contribution in [0.5, 0.6) is 0 Å². The van der Waals surface area contributed by atoms with Crippen LogP contribution >= 0.6 is 23.5 Å². The van der Waals surface area contributed by atoms with Crippen LogP contribution in [0.25, 0.3) is 0 Å². The zero-order valence-electron chi connectivity index (χ0n) is 14.2. The summed E-state index contributed by atoms with van der Waals surface area (Å²) < 4.78 is 0. The van der Waals surface area contributed by atoms with E-state index in [0.717, 1.165) is 25.7 Å². The zero-order chi connectivity index (χ0) is 19.0. The number of nitrogens with zero attached hydrogens (tertiary/aromatic N) is 4. The fourth-order valence-corrected chi connectivity index (χ4v) is 5.47. The summed E-state index contributed by atoms with van der Waals surface area (Å²) in [6.07, 6.45) is 10.3. The molecule has 0 aliphatic carbocycles. The first-order valence-corrected chi connectivity index (χ1v) is 10.1. The van der Waals surface area contributed by atoms with Crippen molar-refractivity contribution in [3.05, 3.63) is 0 Å². The summed E-state index contributed by atoms with van der Waals surface area (Å²) in [4.78, 5) is 53.5. The predicted molar refractivity (Wildman–Crippen MR) is 101 cm³/mol. The van der Waals surface area contributed by atoms with Gasteiger partial charge in [-0.3, -0.25) is 0 Å². The molecule has 26 heavy (non-hydrogen) atoms. The second-order valence-electron chi connectivity index (χ2n) is 5.64. The van der Waals surface area contributed by atoms with Gasteiger partial charge >= 0.3 is 0 Å². The third-order valence-electron chi connectivity index (χ3n) is 3.83. The minimum atomic E-state index is 0.397. The Morgan fingerprint density at radius 2 is 0.769 bits per heavy atom. The molecular formula is C16H20N4O4S2. The van der Waals surface area contributed by atoms with Gasteiger partial charge in [-0.05, 0) is 25.7 Å². The second kappa shape index (κ2) is 14.4. The first-order chi connectivity index (χ1) is 12.7. The van der Waals surface area contributed by atoms with Crippen molar-refractivity contribution < 1.29 is 19.2 Å². The van der Waals surface area contributed by atoms with Crippen LogP contribution in [0.3, 0.4) is 0 Å². The molecule has 2 aliphatic rings. The average Bonchev–Trinajstić information content (AvgIpc) is 3.31. The van der Waals surface area contributed by atoms with Crippen LogP contribution in [-0.2, 0) is 19.2 Å². The van der Waals surface area contributed by atoms with Crippen molar-refractivity contribution in [2.75, 3.05) is 26.2 Å². The van der Waals surface area contributed by atoms with Crippen molar-refractivity contribution in [2.45, 2.75) is 46.7 Å². The van der Waals surface area contributed by atoms with E-state index in [2.05, 4.69) is 20.0 Å². The molecule has 2 fully saturated rings. The van der Waals surface area contributed by atoms with Gasteiger partial charge in [-0.2, -0.15) is 23.5 Å². The molecule has 0 aromatic rings. The molecule has 4 unspecified atom stereocenters. The van der Waals surface area contributed by atoms with Gasteiger partial charge in [0.25, 0.3) is 0 Å². The quantitative estimate of drug-likeness (QED) is 0.456. The third-order valence-corrected chi connectivity index (χ3v) is 6.91. The largest absolute Gasteiger partial charge is 0.234 e. The Bertz CT molecular complexity index is 516. The Morgan fingerprint density at radius 3 is 0.962 bits per heavy atom. The highest BCUT2D eigenvalue weighted by molar-refractivity contribution is 8.01. The molecule has 0 bridgehead atoms. The Balaban J connectivity index is 0.000000260. The summed E-state index contributed by atoms with van der Waals surface area (Å²) in [5, 5.41) is 1.59. The molecule has 0 N–H and O–H groups in total. The topological polar surface area (TPSA) is 118 Å². The van der Waals surface area contributed by atoms with Gasteiger partial charge in [0.2, 0.25) is 24.3 Å². The van der Waals surface area contributed by atoms with E-state index >= 15 is 0 Å². The summed E-state index contributed by atoms with van der Waals surface area (Å²) in [7, 11) is 0. The van der Waals surface area contributed by atoms with E-state index in [1.165, 1.54) is 24.3 Å². The number of hydrogen-bond donors (Lipinski definition) is 0. The molecule has 0 aromatic carbocycles. The van der Waals surface area contributed by atoms with Crippen LogP contribution in [0, 0.1) is 0 Å². The molecule has 0 saturated carbocycles. The summed E-state index contributed by atoms with van der Waals surface area (Å²) in [5.41, 5.74) is 0. The molecule has 2 heterocycles. The van der Waals surface area contributed by atoms with Crippen LogP contribution in [0.1, 0.15) is 25.7 Å². The number of thioether (sulfide) groups is 2. The Hall–Kier alpha value is -1.78. The highest BCUT2D eigenvalue weighted by Crippen LogP contribution is 2.34. The minimum absolute atomic E-state index is 0.397. The highest BCUT2D eigenvalue weighted by Gasteiger charge is 2.25. The molecule has 10 heteroatoms. The van der Waals surface area contributed by atoms with Crippen LogP contribution in [-0.4, -0.2) is 71.5 Å². The van der Waals surface area contributed by atoms with Gasteiger partial charge in [0, 0.05) is 21.0 Å². The molecule has 0 radical (unpaired) electrons. The monoisotopic (exact) mass is 396 g/mol. The molecule has 0 amide bonds. The number of carbonyl (C=O) groups excluding carboxylic acids is 4. The van der Waals surface area contributed by atoms with Gasteiger partial charge in [0.05, 0.1) is 26.2 Å². The summed E-state index contributed by atoms with van der Waals surface area (Å²) >= 11 is 3.49. The lowest BCUT2D eigenvalue weighted by atomic mass is 10.2. The van der Waals surface area contributed by atoms with Crippen molar-refractivity contribution in [1.82, 2.24) is 0 Å². The number of hydrogen-bond acceptors (Lipinski definition) is 10. The predicted octanol–water partition coefficient (Wildman–Crippen LogP) is 1.84. The standard InChI is InChI=1S/2C8H10N2O2S/c2*11-5-9-3-7-1-2-8(13-7)4-10-6-12/h2*7-8H,1-4H2. The molecule has 8 nitrogen and oxygen atoms in total. The van der Waals surface area contributed by atoms with E-state index in [1.54, 1.807) is 23.5 Å². The maximum Gasteiger partial charge on any atom is 0.234 e. The molecule has 140 valence electrons. The Labute approximate surface area is 160 Å². The minimum Gasteiger partial charge on any atom is -0.211 e. The van der Waals surface area contributed by atoms with E-state index in [4.69, 9.17) is 0 Å².